The number of fused-ring (bicyclic) bond motifs is 2. The maximum absolute atomic E-state index is 11.7. The summed E-state index contributed by atoms with van der Waals surface area (Å²) in [6.07, 6.45) is 2.54. The Hall–Kier alpha value is -3.52. The van der Waals surface area contributed by atoms with Crippen molar-refractivity contribution in [3.63, 3.8) is 0 Å². The Morgan fingerprint density at radius 2 is 2.11 bits per heavy atom. The molecule has 136 valence electrons. The van der Waals surface area contributed by atoms with Crippen LogP contribution in [0.25, 0.3) is 10.9 Å². The van der Waals surface area contributed by atoms with Crippen LogP contribution in [-0.4, -0.2) is 27.0 Å². The summed E-state index contributed by atoms with van der Waals surface area (Å²) in [4.78, 5) is 31.8. The lowest BCUT2D eigenvalue weighted by Gasteiger charge is -2.18. The van der Waals surface area contributed by atoms with Crippen LogP contribution in [0.2, 0.25) is 0 Å². The third-order valence-electron chi connectivity index (χ3n) is 4.43. The average Bonchev–Trinajstić information content (AvgIpc) is 2.66. The molecule has 0 saturated heterocycles. The molecule has 4 rings (SSSR count). The number of carbonyl (C=O) groups is 2. The Bertz CT molecular complexity index is 1080. The van der Waals surface area contributed by atoms with Crippen molar-refractivity contribution < 1.29 is 19.5 Å². The number of amides is 2. The number of pyridine rings is 2. The van der Waals surface area contributed by atoms with Gasteiger partial charge in [0.25, 0.3) is 5.91 Å². The number of rotatable bonds is 3. The fourth-order valence-electron chi connectivity index (χ4n) is 3.08. The highest BCUT2D eigenvalue weighted by Crippen LogP contribution is 2.33. The number of anilines is 1. The predicted octanol–water partition coefficient (Wildman–Crippen LogP) is 2.73. The van der Waals surface area contributed by atoms with Crippen molar-refractivity contribution in [2.24, 2.45) is 0 Å². The molecule has 2 amide bonds. The molecule has 0 unspecified atom stereocenters. The summed E-state index contributed by atoms with van der Waals surface area (Å²) in [5.74, 6) is 1.08. The molecule has 0 saturated carbocycles. The Morgan fingerprint density at radius 1 is 1.26 bits per heavy atom. The Kier molecular flexibility index (Phi) is 4.17. The first-order valence-corrected chi connectivity index (χ1v) is 8.36. The molecule has 0 spiro atoms. The summed E-state index contributed by atoms with van der Waals surface area (Å²) in [6, 6.07) is 8.76. The van der Waals surface area contributed by atoms with E-state index >= 15 is 0 Å². The minimum absolute atomic E-state index is 0.0553. The zero-order valence-electron chi connectivity index (χ0n) is 14.4. The van der Waals surface area contributed by atoms with E-state index in [-0.39, 0.29) is 5.91 Å². The molecule has 0 bridgehead atoms. The number of nitrogens with zero attached hydrogens (tertiary/aromatic N) is 2. The number of hydrogen-bond acceptors (Lipinski definition) is 6. The molecule has 1 aliphatic heterocycles. The van der Waals surface area contributed by atoms with Crippen LogP contribution in [0.3, 0.4) is 0 Å². The largest absolute Gasteiger partial charge is 0.457 e. The van der Waals surface area contributed by atoms with Gasteiger partial charge < -0.3 is 10.1 Å². The molecule has 2 aromatic heterocycles. The van der Waals surface area contributed by atoms with Gasteiger partial charge in [-0.2, -0.15) is 0 Å². The van der Waals surface area contributed by atoms with Crippen LogP contribution in [0.15, 0.2) is 36.5 Å². The van der Waals surface area contributed by atoms with Gasteiger partial charge in [0.2, 0.25) is 5.91 Å². The van der Waals surface area contributed by atoms with Crippen molar-refractivity contribution in [1.82, 2.24) is 15.4 Å². The maximum Gasteiger partial charge on any atom is 0.276 e. The minimum Gasteiger partial charge on any atom is -0.457 e. The molecule has 0 fully saturated rings. The van der Waals surface area contributed by atoms with E-state index in [0.29, 0.717) is 46.9 Å². The summed E-state index contributed by atoms with van der Waals surface area (Å²) < 4.78 is 6.01. The number of benzene rings is 1. The van der Waals surface area contributed by atoms with Gasteiger partial charge in [-0.25, -0.2) is 10.5 Å². The summed E-state index contributed by atoms with van der Waals surface area (Å²) in [5, 5.41) is 12.3. The van der Waals surface area contributed by atoms with E-state index in [1.54, 1.807) is 48.9 Å². The molecule has 27 heavy (non-hydrogen) atoms. The summed E-state index contributed by atoms with van der Waals surface area (Å²) in [5.41, 5.74) is 3.94. The van der Waals surface area contributed by atoms with Crippen LogP contribution >= 0.6 is 0 Å². The van der Waals surface area contributed by atoms with Gasteiger partial charge in [-0.05, 0) is 37.6 Å². The summed E-state index contributed by atoms with van der Waals surface area (Å²) in [7, 11) is 0. The van der Waals surface area contributed by atoms with Crippen molar-refractivity contribution in [3.05, 3.63) is 53.3 Å². The van der Waals surface area contributed by atoms with Gasteiger partial charge in [0.15, 0.2) is 0 Å². The molecular weight excluding hydrogens is 348 g/mol. The van der Waals surface area contributed by atoms with E-state index in [4.69, 9.17) is 9.94 Å². The van der Waals surface area contributed by atoms with Gasteiger partial charge >= 0.3 is 0 Å². The van der Waals surface area contributed by atoms with Crippen LogP contribution in [0.5, 0.6) is 11.5 Å². The monoisotopic (exact) mass is 364 g/mol. The van der Waals surface area contributed by atoms with Crippen LogP contribution < -0.4 is 15.5 Å². The third kappa shape index (κ3) is 3.18. The van der Waals surface area contributed by atoms with Gasteiger partial charge in [0, 0.05) is 29.6 Å². The Morgan fingerprint density at radius 3 is 2.93 bits per heavy atom. The van der Waals surface area contributed by atoms with Crippen molar-refractivity contribution in [2.75, 3.05) is 5.32 Å². The molecule has 3 aromatic rings. The van der Waals surface area contributed by atoms with Gasteiger partial charge in [-0.1, -0.05) is 0 Å². The molecule has 3 heterocycles. The van der Waals surface area contributed by atoms with E-state index in [9.17, 15) is 9.59 Å². The SMILES string of the molecule is Cc1nc2cc(Oc3ccnc4c3CCC(=O)N4)ccc2cc1C(=O)NO. The van der Waals surface area contributed by atoms with Gasteiger partial charge in [0.05, 0.1) is 16.8 Å². The third-order valence-corrected chi connectivity index (χ3v) is 4.43. The molecule has 0 radical (unpaired) electrons. The Balaban J connectivity index is 1.69. The molecule has 3 N–H and O–H groups in total. The first kappa shape index (κ1) is 16.9. The smallest absolute Gasteiger partial charge is 0.276 e. The second-order valence-electron chi connectivity index (χ2n) is 6.20. The van der Waals surface area contributed by atoms with E-state index in [0.717, 1.165) is 10.9 Å². The lowest BCUT2D eigenvalue weighted by Crippen LogP contribution is -2.20. The molecule has 0 atom stereocenters. The van der Waals surface area contributed by atoms with Gasteiger partial charge in [0.1, 0.15) is 17.3 Å². The highest BCUT2D eigenvalue weighted by atomic mass is 16.5. The van der Waals surface area contributed by atoms with E-state index < -0.39 is 5.91 Å². The fraction of sp³-hybridized carbons (Fsp3) is 0.158. The second-order valence-corrected chi connectivity index (χ2v) is 6.20. The first-order chi connectivity index (χ1) is 13.0. The van der Waals surface area contributed by atoms with Gasteiger partial charge in [-0.15, -0.1) is 0 Å². The van der Waals surface area contributed by atoms with Crippen molar-refractivity contribution in [1.29, 1.82) is 0 Å². The van der Waals surface area contributed by atoms with Gasteiger partial charge in [-0.3, -0.25) is 19.8 Å². The molecule has 1 aliphatic rings. The van der Waals surface area contributed by atoms with Crippen LogP contribution in [0, 0.1) is 6.92 Å². The maximum atomic E-state index is 11.7. The molecule has 1 aromatic carbocycles. The summed E-state index contributed by atoms with van der Waals surface area (Å²) in [6.45, 7) is 1.69. The van der Waals surface area contributed by atoms with E-state index in [2.05, 4.69) is 15.3 Å². The average molecular weight is 364 g/mol. The number of hydrogen-bond donors (Lipinski definition) is 3. The quantitative estimate of drug-likeness (QED) is 0.486. The molecule has 8 heteroatoms. The van der Waals surface area contributed by atoms with Crippen molar-refractivity contribution in [3.8, 4) is 11.5 Å². The fourth-order valence-corrected chi connectivity index (χ4v) is 3.08. The normalized spacial score (nSPS) is 13.0. The topological polar surface area (TPSA) is 113 Å². The minimum atomic E-state index is -0.604. The van der Waals surface area contributed by atoms with Crippen molar-refractivity contribution in [2.45, 2.75) is 19.8 Å². The first-order valence-electron chi connectivity index (χ1n) is 8.36. The van der Waals surface area contributed by atoms with Crippen LogP contribution in [-0.2, 0) is 11.2 Å². The lowest BCUT2D eigenvalue weighted by molar-refractivity contribution is -0.116. The zero-order valence-corrected chi connectivity index (χ0v) is 14.4. The molecular formula is C19H16N4O4. The highest BCUT2D eigenvalue weighted by molar-refractivity contribution is 5.98. The number of aryl methyl sites for hydroxylation is 1. The lowest BCUT2D eigenvalue weighted by atomic mass is 10.1. The number of aromatic nitrogens is 2. The Labute approximate surface area is 154 Å². The number of carbonyl (C=O) groups excluding carboxylic acids is 2. The zero-order chi connectivity index (χ0) is 19.0. The van der Waals surface area contributed by atoms with Crippen LogP contribution in [0.1, 0.15) is 28.0 Å². The van der Waals surface area contributed by atoms with E-state index in [1.807, 2.05) is 0 Å². The number of nitrogens with one attached hydrogen (secondary N) is 2. The second kappa shape index (κ2) is 6.65. The number of hydroxylamine groups is 1. The number of ether oxygens (including phenoxy) is 1. The molecule has 8 nitrogen and oxygen atoms in total. The standard InChI is InChI=1S/C19H16N4O4/c1-10-14(19(25)23-26)8-11-2-3-12(9-15(11)21-10)27-16-6-7-20-18-13(16)4-5-17(24)22-18/h2-3,6-9,26H,4-5H2,1H3,(H,23,25)(H,20,22,24). The molecule has 0 aliphatic carbocycles. The van der Waals surface area contributed by atoms with E-state index in [1.165, 1.54) is 0 Å². The predicted molar refractivity (Wildman–Crippen MR) is 97.0 cm³/mol. The highest BCUT2D eigenvalue weighted by Gasteiger charge is 2.20. The van der Waals surface area contributed by atoms with Crippen molar-refractivity contribution >= 4 is 28.5 Å². The summed E-state index contributed by atoms with van der Waals surface area (Å²) >= 11 is 0. The van der Waals surface area contributed by atoms with Crippen LogP contribution in [0.4, 0.5) is 5.82 Å².